The van der Waals surface area contributed by atoms with Crippen LogP contribution < -0.4 is 5.32 Å². The Hall–Kier alpha value is -0.240. The van der Waals surface area contributed by atoms with Crippen LogP contribution in [0, 0.1) is 11.3 Å². The molecule has 0 amide bonds. The lowest BCUT2D eigenvalue weighted by atomic mass is 9.92. The lowest BCUT2D eigenvalue weighted by molar-refractivity contribution is 0.218. The molecular weight excluding hydrogens is 232 g/mol. The molecule has 1 atom stereocenters. The SMILES string of the molecule is CCCNC(C#N)(CC)CCCSCCOC. The summed E-state index contributed by atoms with van der Waals surface area (Å²) >= 11 is 1.90. The molecule has 0 heterocycles. The van der Waals surface area contributed by atoms with Crippen LogP contribution in [-0.2, 0) is 4.74 Å². The van der Waals surface area contributed by atoms with E-state index in [-0.39, 0.29) is 5.54 Å². The zero-order valence-electron chi connectivity index (χ0n) is 11.4. The van der Waals surface area contributed by atoms with Gasteiger partial charge >= 0.3 is 0 Å². The van der Waals surface area contributed by atoms with Gasteiger partial charge in [0.1, 0.15) is 5.54 Å². The minimum atomic E-state index is -0.308. The molecule has 17 heavy (non-hydrogen) atoms. The Morgan fingerprint density at radius 2 is 2.12 bits per heavy atom. The van der Waals surface area contributed by atoms with Crippen molar-refractivity contribution in [3.05, 3.63) is 0 Å². The topological polar surface area (TPSA) is 45.0 Å². The highest BCUT2D eigenvalue weighted by atomic mass is 32.2. The van der Waals surface area contributed by atoms with Crippen molar-refractivity contribution in [3.63, 3.8) is 0 Å². The quantitative estimate of drug-likeness (QED) is 0.579. The largest absolute Gasteiger partial charge is 0.384 e. The van der Waals surface area contributed by atoms with Gasteiger partial charge in [-0.05, 0) is 38.0 Å². The van der Waals surface area contributed by atoms with Crippen molar-refractivity contribution in [1.82, 2.24) is 5.32 Å². The van der Waals surface area contributed by atoms with E-state index in [1.54, 1.807) is 7.11 Å². The zero-order chi connectivity index (χ0) is 13.0. The number of hydrogen-bond acceptors (Lipinski definition) is 4. The maximum atomic E-state index is 9.30. The fourth-order valence-electron chi connectivity index (χ4n) is 1.65. The van der Waals surface area contributed by atoms with Crippen LogP contribution in [0.25, 0.3) is 0 Å². The van der Waals surface area contributed by atoms with Crippen LogP contribution in [0.2, 0.25) is 0 Å². The molecule has 0 aromatic carbocycles. The number of hydrogen-bond donors (Lipinski definition) is 1. The van der Waals surface area contributed by atoms with Crippen molar-refractivity contribution in [2.45, 2.75) is 45.1 Å². The monoisotopic (exact) mass is 258 g/mol. The maximum Gasteiger partial charge on any atom is 0.106 e. The summed E-state index contributed by atoms with van der Waals surface area (Å²) in [4.78, 5) is 0. The average molecular weight is 258 g/mol. The van der Waals surface area contributed by atoms with Crippen LogP contribution >= 0.6 is 11.8 Å². The number of methoxy groups -OCH3 is 1. The predicted molar refractivity (Wildman–Crippen MR) is 75.4 cm³/mol. The van der Waals surface area contributed by atoms with E-state index in [1.807, 2.05) is 11.8 Å². The second-order valence-electron chi connectivity index (χ2n) is 4.18. The van der Waals surface area contributed by atoms with Gasteiger partial charge in [0.25, 0.3) is 0 Å². The molecule has 0 aromatic rings. The molecule has 0 aliphatic heterocycles. The fraction of sp³-hybridized carbons (Fsp3) is 0.923. The number of nitrogens with one attached hydrogen (secondary N) is 1. The molecule has 0 spiro atoms. The molecule has 0 rings (SSSR count). The molecule has 0 fully saturated rings. The first-order valence-electron chi connectivity index (χ1n) is 6.47. The Bertz CT molecular complexity index is 218. The Kier molecular flexibility index (Phi) is 10.7. The summed E-state index contributed by atoms with van der Waals surface area (Å²) in [6.07, 6.45) is 3.99. The van der Waals surface area contributed by atoms with Crippen molar-refractivity contribution in [2.75, 3.05) is 31.8 Å². The molecule has 4 heteroatoms. The summed E-state index contributed by atoms with van der Waals surface area (Å²) in [5.74, 6) is 2.16. The normalized spacial score (nSPS) is 14.2. The second-order valence-corrected chi connectivity index (χ2v) is 5.41. The third-order valence-corrected chi connectivity index (χ3v) is 3.89. The fourth-order valence-corrected chi connectivity index (χ4v) is 2.49. The molecule has 0 radical (unpaired) electrons. The second kappa shape index (κ2) is 10.9. The Labute approximate surface area is 110 Å². The van der Waals surface area contributed by atoms with E-state index in [0.29, 0.717) is 0 Å². The van der Waals surface area contributed by atoms with Crippen LogP contribution in [0.15, 0.2) is 0 Å². The third kappa shape index (κ3) is 7.64. The molecular formula is C13H26N2OS. The van der Waals surface area contributed by atoms with Gasteiger partial charge in [0.2, 0.25) is 0 Å². The lowest BCUT2D eigenvalue weighted by Gasteiger charge is -2.26. The van der Waals surface area contributed by atoms with Crippen LogP contribution in [0.3, 0.4) is 0 Å². The van der Waals surface area contributed by atoms with Crippen molar-refractivity contribution in [2.24, 2.45) is 0 Å². The number of nitriles is 1. The van der Waals surface area contributed by atoms with E-state index < -0.39 is 0 Å². The molecule has 0 aliphatic carbocycles. The van der Waals surface area contributed by atoms with Crippen molar-refractivity contribution < 1.29 is 4.74 Å². The Morgan fingerprint density at radius 1 is 1.35 bits per heavy atom. The van der Waals surface area contributed by atoms with Gasteiger partial charge in [-0.1, -0.05) is 13.8 Å². The van der Waals surface area contributed by atoms with E-state index in [1.165, 1.54) is 0 Å². The molecule has 0 aliphatic rings. The summed E-state index contributed by atoms with van der Waals surface area (Å²) < 4.78 is 5.00. The number of thioether (sulfide) groups is 1. The minimum Gasteiger partial charge on any atom is -0.384 e. The summed E-state index contributed by atoms with van der Waals surface area (Å²) in [6.45, 7) is 5.96. The average Bonchev–Trinajstić information content (AvgIpc) is 2.38. The molecule has 0 bridgehead atoms. The van der Waals surface area contributed by atoms with E-state index in [9.17, 15) is 5.26 Å². The molecule has 100 valence electrons. The highest BCUT2D eigenvalue weighted by Crippen LogP contribution is 2.18. The third-order valence-electron chi connectivity index (χ3n) is 2.85. The van der Waals surface area contributed by atoms with Gasteiger partial charge < -0.3 is 4.74 Å². The van der Waals surface area contributed by atoms with Gasteiger partial charge in [0.05, 0.1) is 12.7 Å². The zero-order valence-corrected chi connectivity index (χ0v) is 12.2. The van der Waals surface area contributed by atoms with E-state index in [4.69, 9.17) is 4.74 Å². The first kappa shape index (κ1) is 16.8. The smallest absolute Gasteiger partial charge is 0.106 e. The minimum absolute atomic E-state index is 0.308. The molecule has 1 N–H and O–H groups in total. The molecule has 0 aromatic heterocycles. The lowest BCUT2D eigenvalue weighted by Crippen LogP contribution is -2.43. The van der Waals surface area contributed by atoms with Crippen LogP contribution in [0.1, 0.15) is 39.5 Å². The van der Waals surface area contributed by atoms with Crippen molar-refractivity contribution in [3.8, 4) is 6.07 Å². The van der Waals surface area contributed by atoms with E-state index in [2.05, 4.69) is 25.2 Å². The maximum absolute atomic E-state index is 9.30. The highest BCUT2D eigenvalue weighted by molar-refractivity contribution is 7.99. The summed E-state index contributed by atoms with van der Waals surface area (Å²) in [6, 6.07) is 2.46. The van der Waals surface area contributed by atoms with E-state index in [0.717, 1.165) is 50.3 Å². The van der Waals surface area contributed by atoms with Gasteiger partial charge in [-0.3, -0.25) is 5.32 Å². The summed E-state index contributed by atoms with van der Waals surface area (Å²) in [7, 11) is 1.73. The van der Waals surface area contributed by atoms with Gasteiger partial charge in [0, 0.05) is 12.9 Å². The summed E-state index contributed by atoms with van der Waals surface area (Å²) in [5, 5.41) is 12.7. The van der Waals surface area contributed by atoms with Gasteiger partial charge in [-0.2, -0.15) is 17.0 Å². The molecule has 1 unspecified atom stereocenters. The number of ether oxygens (including phenoxy) is 1. The van der Waals surface area contributed by atoms with Crippen molar-refractivity contribution >= 4 is 11.8 Å². The van der Waals surface area contributed by atoms with Gasteiger partial charge in [0.15, 0.2) is 0 Å². The van der Waals surface area contributed by atoms with E-state index >= 15 is 0 Å². The number of rotatable bonds is 11. The predicted octanol–water partition coefficient (Wildman–Crippen LogP) is 2.82. The number of nitrogens with zero attached hydrogens (tertiary/aromatic N) is 1. The van der Waals surface area contributed by atoms with Crippen molar-refractivity contribution in [1.29, 1.82) is 5.26 Å². The van der Waals surface area contributed by atoms with Gasteiger partial charge in [-0.25, -0.2) is 0 Å². The summed E-state index contributed by atoms with van der Waals surface area (Å²) in [5.41, 5.74) is -0.308. The van der Waals surface area contributed by atoms with Crippen LogP contribution in [0.4, 0.5) is 0 Å². The molecule has 3 nitrogen and oxygen atoms in total. The van der Waals surface area contributed by atoms with Gasteiger partial charge in [-0.15, -0.1) is 0 Å². The molecule has 0 saturated heterocycles. The van der Waals surface area contributed by atoms with Crippen LogP contribution in [-0.4, -0.2) is 37.3 Å². The molecule has 0 saturated carbocycles. The Balaban J connectivity index is 3.81. The Morgan fingerprint density at radius 3 is 2.65 bits per heavy atom. The first-order valence-corrected chi connectivity index (χ1v) is 7.63. The first-order chi connectivity index (χ1) is 8.24. The standard InChI is InChI=1S/C13H26N2OS/c1-4-8-15-13(5-2,12-14)7-6-10-17-11-9-16-3/h15H,4-11H2,1-3H3. The highest BCUT2D eigenvalue weighted by Gasteiger charge is 2.25. The van der Waals surface area contributed by atoms with Crippen LogP contribution in [0.5, 0.6) is 0 Å².